The maximum Gasteiger partial charge on any atom is 0.249 e. The molecule has 1 aliphatic heterocycles. The zero-order valence-electron chi connectivity index (χ0n) is 46.7. The van der Waals surface area contributed by atoms with Crippen LogP contribution in [0.5, 0.6) is 0 Å². The Hall–Kier alpha value is -1.41. The number of rotatable bonds is 53. The number of carbonyl (C=O) groups is 1. The van der Waals surface area contributed by atoms with Gasteiger partial charge in [-0.2, -0.15) is 0 Å². The van der Waals surface area contributed by atoms with Gasteiger partial charge in [-0.25, -0.2) is 0 Å². The summed E-state index contributed by atoms with van der Waals surface area (Å²) in [5.74, 6) is -0.709. The first-order valence-electron chi connectivity index (χ1n) is 30.7. The Morgan fingerprint density at radius 3 is 1.21 bits per heavy atom. The molecule has 0 spiro atoms. The summed E-state index contributed by atoms with van der Waals surface area (Å²) in [6.07, 6.45) is 49.8. The minimum Gasteiger partial charge on any atom is -0.394 e. The van der Waals surface area contributed by atoms with Crippen LogP contribution in [0.3, 0.4) is 0 Å². The Kier molecular flexibility index (Phi) is 48.0. The molecule has 0 aromatic carbocycles. The van der Waals surface area contributed by atoms with Crippen molar-refractivity contribution in [2.24, 2.45) is 0 Å². The van der Waals surface area contributed by atoms with E-state index < -0.39 is 74.2 Å². The number of allylic oxidation sites excluding steroid dienone is 4. The van der Waals surface area contributed by atoms with Gasteiger partial charge in [-0.1, -0.05) is 250 Å². The fourth-order valence-corrected chi connectivity index (χ4v) is 9.97. The lowest BCUT2D eigenvalue weighted by atomic mass is 9.98. The van der Waals surface area contributed by atoms with Crippen LogP contribution in [0.1, 0.15) is 290 Å². The molecule has 1 heterocycles. The molecule has 0 aromatic heterocycles. The molecule has 11 heteroatoms. The lowest BCUT2D eigenvalue weighted by molar-refractivity contribution is -0.303. The number of carbonyl (C=O) groups excluding carboxylic acids is 1. The van der Waals surface area contributed by atoms with Crippen molar-refractivity contribution in [3.05, 3.63) is 24.3 Å². The quantitative estimate of drug-likeness (QED) is 0.0215. The first kappa shape index (κ1) is 68.6. The van der Waals surface area contributed by atoms with Crippen molar-refractivity contribution < 1.29 is 50.0 Å². The average Bonchev–Trinajstić information content (AvgIpc) is 3.38. The lowest BCUT2D eigenvalue weighted by Gasteiger charge is -2.40. The second-order valence-electron chi connectivity index (χ2n) is 21.8. The van der Waals surface area contributed by atoms with Crippen LogP contribution < -0.4 is 5.32 Å². The summed E-state index contributed by atoms with van der Waals surface area (Å²) in [5.41, 5.74) is 0. The Morgan fingerprint density at radius 2 is 0.819 bits per heavy atom. The number of hydrogen-bond donors (Lipinski definition) is 8. The topological polar surface area (TPSA) is 189 Å². The predicted octanol–water partition coefficient (Wildman–Crippen LogP) is 13.3. The van der Waals surface area contributed by atoms with Gasteiger partial charge < -0.3 is 50.5 Å². The van der Waals surface area contributed by atoms with E-state index in [4.69, 9.17) is 9.47 Å². The third kappa shape index (κ3) is 38.2. The van der Waals surface area contributed by atoms with Gasteiger partial charge in [0.1, 0.15) is 36.6 Å². The van der Waals surface area contributed by atoms with E-state index in [1.807, 2.05) is 0 Å². The molecule has 8 N–H and O–H groups in total. The fourth-order valence-electron chi connectivity index (χ4n) is 9.97. The highest BCUT2D eigenvalue weighted by Gasteiger charge is 2.44. The minimum atomic E-state index is -1.67. The molecule has 11 nitrogen and oxygen atoms in total. The number of ether oxygens (including phenoxy) is 2. The lowest BCUT2D eigenvalue weighted by Crippen LogP contribution is -2.60. The maximum atomic E-state index is 13.1. The molecule has 1 aliphatic rings. The highest BCUT2D eigenvalue weighted by molar-refractivity contribution is 5.80. The molecule has 1 fully saturated rings. The Balaban J connectivity index is 2.23. The first-order valence-corrected chi connectivity index (χ1v) is 30.7. The van der Waals surface area contributed by atoms with Gasteiger partial charge in [0, 0.05) is 0 Å². The van der Waals surface area contributed by atoms with E-state index in [1.54, 1.807) is 0 Å². The van der Waals surface area contributed by atoms with Crippen molar-refractivity contribution in [1.82, 2.24) is 5.32 Å². The first-order chi connectivity index (χ1) is 35.2. The summed E-state index contributed by atoms with van der Waals surface area (Å²) in [6, 6.07) is -1.19. The fraction of sp³-hybridized carbons (Fsp3) is 0.918. The second-order valence-corrected chi connectivity index (χ2v) is 21.8. The Bertz CT molecular complexity index is 1220. The molecule has 0 aromatic rings. The van der Waals surface area contributed by atoms with Gasteiger partial charge in [0.25, 0.3) is 0 Å². The molecule has 72 heavy (non-hydrogen) atoms. The van der Waals surface area contributed by atoms with Crippen LogP contribution >= 0.6 is 0 Å². The SMILES string of the molecule is CCCCCC/C=C\CCCCCCCCC(O)C(=O)NC(COC1OC(CO)C(O)C(O)C1O)C(O)C(O)CCC/C=C/CCCCCCCCCCCCCCCCCCCCCCCCCCCC. The Morgan fingerprint density at radius 1 is 0.472 bits per heavy atom. The second kappa shape index (κ2) is 50.4. The number of amides is 1. The molecule has 0 bridgehead atoms. The van der Waals surface area contributed by atoms with Crippen molar-refractivity contribution in [2.45, 2.75) is 345 Å². The zero-order chi connectivity index (χ0) is 52.5. The highest BCUT2D eigenvalue weighted by Crippen LogP contribution is 2.23. The van der Waals surface area contributed by atoms with Gasteiger partial charge in [0.05, 0.1) is 25.4 Å². The van der Waals surface area contributed by atoms with Crippen molar-refractivity contribution in [3.63, 3.8) is 0 Å². The van der Waals surface area contributed by atoms with Gasteiger partial charge >= 0.3 is 0 Å². The van der Waals surface area contributed by atoms with Crippen molar-refractivity contribution in [2.75, 3.05) is 13.2 Å². The van der Waals surface area contributed by atoms with Crippen LogP contribution in [0.25, 0.3) is 0 Å². The number of aliphatic hydroxyl groups excluding tert-OH is 7. The van der Waals surface area contributed by atoms with E-state index >= 15 is 0 Å². The summed E-state index contributed by atoms with van der Waals surface area (Å²) in [4.78, 5) is 13.1. The highest BCUT2D eigenvalue weighted by atomic mass is 16.7. The van der Waals surface area contributed by atoms with Crippen molar-refractivity contribution in [3.8, 4) is 0 Å². The summed E-state index contributed by atoms with van der Waals surface area (Å²) < 4.78 is 11.1. The van der Waals surface area contributed by atoms with E-state index in [9.17, 15) is 40.5 Å². The molecule has 1 amide bonds. The standard InChI is InChI=1S/C61H117NO10/c1-3-5-7-9-11-13-15-17-19-20-21-22-23-24-25-26-27-28-29-30-31-32-33-34-35-37-38-40-42-44-46-48-53(64)56(66)52(51-71-61-59(69)58(68)57(67)55(50-63)72-61)62-60(70)54(65)49-47-45-43-41-39-36-18-16-14-12-10-8-6-4-2/h14,16,40,42,52-59,61,63-69H,3-13,15,17-39,41,43-51H2,1-2H3,(H,62,70)/b16-14-,42-40+. The summed E-state index contributed by atoms with van der Waals surface area (Å²) >= 11 is 0. The van der Waals surface area contributed by atoms with E-state index in [-0.39, 0.29) is 12.8 Å². The van der Waals surface area contributed by atoms with E-state index in [2.05, 4.69) is 43.5 Å². The summed E-state index contributed by atoms with van der Waals surface area (Å²) in [5, 5.41) is 76.1. The summed E-state index contributed by atoms with van der Waals surface area (Å²) in [7, 11) is 0. The number of hydrogen-bond acceptors (Lipinski definition) is 10. The maximum absolute atomic E-state index is 13.1. The van der Waals surface area contributed by atoms with Crippen LogP contribution in [0.15, 0.2) is 24.3 Å². The molecular formula is C61H117NO10. The van der Waals surface area contributed by atoms with E-state index in [0.29, 0.717) is 12.8 Å². The molecule has 0 aliphatic carbocycles. The van der Waals surface area contributed by atoms with Crippen molar-refractivity contribution in [1.29, 1.82) is 0 Å². The normalized spacial score (nSPS) is 20.2. The smallest absolute Gasteiger partial charge is 0.249 e. The minimum absolute atomic E-state index is 0.248. The Labute approximate surface area is 442 Å². The van der Waals surface area contributed by atoms with Gasteiger partial charge in [-0.05, 0) is 64.2 Å². The van der Waals surface area contributed by atoms with Crippen LogP contribution in [0, 0.1) is 0 Å². The number of unbranched alkanes of at least 4 members (excludes halogenated alkanes) is 37. The summed E-state index contributed by atoms with van der Waals surface area (Å²) in [6.45, 7) is 3.45. The molecule has 1 rings (SSSR count). The molecule has 426 valence electrons. The zero-order valence-corrected chi connectivity index (χ0v) is 46.7. The monoisotopic (exact) mass is 1020 g/mol. The molecular weight excluding hydrogens is 907 g/mol. The van der Waals surface area contributed by atoms with Gasteiger partial charge in [-0.3, -0.25) is 4.79 Å². The van der Waals surface area contributed by atoms with Gasteiger partial charge in [-0.15, -0.1) is 0 Å². The molecule has 1 saturated heterocycles. The average molecular weight is 1020 g/mol. The third-order valence-corrected chi connectivity index (χ3v) is 15.0. The van der Waals surface area contributed by atoms with Crippen LogP contribution in [0.2, 0.25) is 0 Å². The predicted molar refractivity (Wildman–Crippen MR) is 298 cm³/mol. The molecule has 0 saturated carbocycles. The number of nitrogens with one attached hydrogen (secondary N) is 1. The molecule has 0 radical (unpaired) electrons. The van der Waals surface area contributed by atoms with Gasteiger partial charge in [0.15, 0.2) is 6.29 Å². The molecule has 9 atom stereocenters. The largest absolute Gasteiger partial charge is 0.394 e. The number of aliphatic hydroxyl groups is 7. The van der Waals surface area contributed by atoms with Crippen LogP contribution in [-0.4, -0.2) is 110 Å². The van der Waals surface area contributed by atoms with E-state index in [0.717, 1.165) is 57.8 Å². The van der Waals surface area contributed by atoms with Crippen LogP contribution in [0.4, 0.5) is 0 Å². The third-order valence-electron chi connectivity index (χ3n) is 15.0. The van der Waals surface area contributed by atoms with E-state index in [1.165, 1.54) is 193 Å². The van der Waals surface area contributed by atoms with Gasteiger partial charge in [0.2, 0.25) is 5.91 Å². The van der Waals surface area contributed by atoms with Crippen molar-refractivity contribution >= 4 is 5.91 Å². The molecule has 9 unspecified atom stereocenters. The van der Waals surface area contributed by atoms with Crippen LogP contribution in [-0.2, 0) is 14.3 Å².